The second-order valence-corrected chi connectivity index (χ2v) is 4.28. The van der Waals surface area contributed by atoms with E-state index in [1.54, 1.807) is 4.90 Å². The first-order valence-electron chi connectivity index (χ1n) is 6.40. The normalized spacial score (nSPS) is 10.2. The van der Waals surface area contributed by atoms with Crippen LogP contribution >= 0.6 is 0 Å². The van der Waals surface area contributed by atoms with E-state index in [1.807, 2.05) is 50.1 Å². The standard InChI is InChI=1S/C14H23N3O/c1-4-17(5-2)14(18)16(3)11-13-9-7-6-8-12(13)10-15/h6-9H,4-5,10-11,15H2,1-3H3. The van der Waals surface area contributed by atoms with Crippen molar-refractivity contribution in [1.82, 2.24) is 9.80 Å². The van der Waals surface area contributed by atoms with Gasteiger partial charge < -0.3 is 15.5 Å². The van der Waals surface area contributed by atoms with Gasteiger partial charge in [-0.15, -0.1) is 0 Å². The lowest BCUT2D eigenvalue weighted by Gasteiger charge is -2.26. The molecule has 0 radical (unpaired) electrons. The molecule has 0 atom stereocenters. The van der Waals surface area contributed by atoms with Gasteiger partial charge in [0.2, 0.25) is 0 Å². The van der Waals surface area contributed by atoms with E-state index >= 15 is 0 Å². The molecule has 2 amide bonds. The zero-order valence-electron chi connectivity index (χ0n) is 11.5. The minimum Gasteiger partial charge on any atom is -0.326 e. The van der Waals surface area contributed by atoms with Crippen LogP contribution in [0, 0.1) is 0 Å². The summed E-state index contributed by atoms with van der Waals surface area (Å²) in [7, 11) is 1.83. The van der Waals surface area contributed by atoms with Gasteiger partial charge in [-0.05, 0) is 25.0 Å². The Kier molecular flexibility index (Phi) is 5.65. The van der Waals surface area contributed by atoms with Crippen LogP contribution in [0.1, 0.15) is 25.0 Å². The number of amides is 2. The molecule has 0 fully saturated rings. The summed E-state index contributed by atoms with van der Waals surface area (Å²) in [6.07, 6.45) is 0. The summed E-state index contributed by atoms with van der Waals surface area (Å²) in [6.45, 7) is 6.55. The van der Waals surface area contributed by atoms with Gasteiger partial charge >= 0.3 is 6.03 Å². The third kappa shape index (κ3) is 3.47. The number of benzene rings is 1. The lowest BCUT2D eigenvalue weighted by atomic mass is 10.1. The van der Waals surface area contributed by atoms with Gasteiger partial charge in [-0.25, -0.2) is 4.79 Å². The van der Waals surface area contributed by atoms with Gasteiger partial charge in [-0.3, -0.25) is 0 Å². The summed E-state index contributed by atoms with van der Waals surface area (Å²) in [5, 5.41) is 0. The molecule has 0 unspecified atom stereocenters. The van der Waals surface area contributed by atoms with Crippen molar-refractivity contribution >= 4 is 6.03 Å². The molecule has 0 aliphatic heterocycles. The molecule has 0 bridgehead atoms. The summed E-state index contributed by atoms with van der Waals surface area (Å²) in [4.78, 5) is 15.7. The summed E-state index contributed by atoms with van der Waals surface area (Å²) in [5.74, 6) is 0. The predicted molar refractivity (Wildman–Crippen MR) is 74.1 cm³/mol. The van der Waals surface area contributed by atoms with Crippen LogP contribution in [0.15, 0.2) is 24.3 Å². The van der Waals surface area contributed by atoms with E-state index in [1.165, 1.54) is 0 Å². The first kappa shape index (κ1) is 14.5. The Labute approximate surface area is 109 Å². The highest BCUT2D eigenvalue weighted by molar-refractivity contribution is 5.74. The van der Waals surface area contributed by atoms with E-state index < -0.39 is 0 Å². The molecule has 2 N–H and O–H groups in total. The average molecular weight is 249 g/mol. The number of urea groups is 1. The molecule has 0 aromatic heterocycles. The SMILES string of the molecule is CCN(CC)C(=O)N(C)Cc1ccccc1CN. The second-order valence-electron chi connectivity index (χ2n) is 4.28. The molecule has 0 saturated heterocycles. The van der Waals surface area contributed by atoms with Gasteiger partial charge in [0.1, 0.15) is 0 Å². The molecular formula is C14H23N3O. The van der Waals surface area contributed by atoms with Crippen molar-refractivity contribution < 1.29 is 4.79 Å². The fraction of sp³-hybridized carbons (Fsp3) is 0.500. The van der Waals surface area contributed by atoms with E-state index in [0.717, 1.165) is 24.2 Å². The van der Waals surface area contributed by atoms with Crippen LogP contribution in [0.3, 0.4) is 0 Å². The Morgan fingerprint density at radius 1 is 1.17 bits per heavy atom. The van der Waals surface area contributed by atoms with Crippen molar-refractivity contribution in [1.29, 1.82) is 0 Å². The lowest BCUT2D eigenvalue weighted by Crippen LogP contribution is -2.40. The molecule has 0 aliphatic rings. The van der Waals surface area contributed by atoms with Gasteiger partial charge in [0, 0.05) is 33.2 Å². The zero-order chi connectivity index (χ0) is 13.5. The molecular weight excluding hydrogens is 226 g/mol. The number of nitrogens with zero attached hydrogens (tertiary/aromatic N) is 2. The van der Waals surface area contributed by atoms with Crippen molar-refractivity contribution in [3.8, 4) is 0 Å². The Balaban J connectivity index is 2.74. The molecule has 0 spiro atoms. The third-order valence-electron chi connectivity index (χ3n) is 3.11. The Bertz CT molecular complexity index is 388. The Morgan fingerprint density at radius 3 is 2.22 bits per heavy atom. The predicted octanol–water partition coefficient (Wildman–Crippen LogP) is 2.04. The van der Waals surface area contributed by atoms with Crippen molar-refractivity contribution in [3.63, 3.8) is 0 Å². The largest absolute Gasteiger partial charge is 0.326 e. The van der Waals surface area contributed by atoms with E-state index in [4.69, 9.17) is 5.73 Å². The van der Waals surface area contributed by atoms with Crippen molar-refractivity contribution in [2.45, 2.75) is 26.9 Å². The van der Waals surface area contributed by atoms with Gasteiger partial charge in [0.05, 0.1) is 0 Å². The van der Waals surface area contributed by atoms with Gasteiger partial charge in [-0.1, -0.05) is 24.3 Å². The fourth-order valence-electron chi connectivity index (χ4n) is 1.97. The first-order valence-corrected chi connectivity index (χ1v) is 6.40. The summed E-state index contributed by atoms with van der Waals surface area (Å²) in [6, 6.07) is 8.04. The van der Waals surface area contributed by atoms with Crippen molar-refractivity contribution in [3.05, 3.63) is 35.4 Å². The van der Waals surface area contributed by atoms with Crippen LogP contribution in [0.2, 0.25) is 0 Å². The maximum absolute atomic E-state index is 12.1. The molecule has 1 aromatic rings. The first-order chi connectivity index (χ1) is 8.63. The number of carbonyl (C=O) groups is 1. The molecule has 18 heavy (non-hydrogen) atoms. The molecule has 1 aromatic carbocycles. The van der Waals surface area contributed by atoms with Crippen molar-refractivity contribution in [2.24, 2.45) is 5.73 Å². The minimum atomic E-state index is 0.0619. The lowest BCUT2D eigenvalue weighted by molar-refractivity contribution is 0.165. The molecule has 0 heterocycles. The molecule has 4 nitrogen and oxygen atoms in total. The maximum atomic E-state index is 12.1. The zero-order valence-corrected chi connectivity index (χ0v) is 11.5. The van der Waals surface area contributed by atoms with Crippen molar-refractivity contribution in [2.75, 3.05) is 20.1 Å². The monoisotopic (exact) mass is 249 g/mol. The quantitative estimate of drug-likeness (QED) is 0.868. The number of hydrogen-bond donors (Lipinski definition) is 1. The van der Waals surface area contributed by atoms with Crippen LogP contribution in [-0.4, -0.2) is 36.0 Å². The molecule has 4 heteroatoms. The van der Waals surface area contributed by atoms with E-state index in [9.17, 15) is 4.79 Å². The van der Waals surface area contributed by atoms with Crippen LogP contribution in [0.25, 0.3) is 0 Å². The van der Waals surface area contributed by atoms with Crippen LogP contribution in [0.4, 0.5) is 4.79 Å². The van der Waals surface area contributed by atoms with Gasteiger partial charge in [0.15, 0.2) is 0 Å². The van der Waals surface area contributed by atoms with E-state index in [0.29, 0.717) is 13.1 Å². The highest BCUT2D eigenvalue weighted by Gasteiger charge is 2.15. The minimum absolute atomic E-state index is 0.0619. The highest BCUT2D eigenvalue weighted by Crippen LogP contribution is 2.11. The topological polar surface area (TPSA) is 49.6 Å². The molecule has 100 valence electrons. The summed E-state index contributed by atoms with van der Waals surface area (Å²) in [5.41, 5.74) is 7.91. The number of nitrogens with two attached hydrogens (primary N) is 1. The van der Waals surface area contributed by atoms with Crippen LogP contribution < -0.4 is 5.73 Å². The number of carbonyl (C=O) groups excluding carboxylic acids is 1. The summed E-state index contributed by atoms with van der Waals surface area (Å²) >= 11 is 0. The summed E-state index contributed by atoms with van der Waals surface area (Å²) < 4.78 is 0. The number of hydrogen-bond acceptors (Lipinski definition) is 2. The number of rotatable bonds is 5. The van der Waals surface area contributed by atoms with E-state index in [2.05, 4.69) is 0 Å². The Morgan fingerprint density at radius 2 is 1.72 bits per heavy atom. The van der Waals surface area contributed by atoms with Crippen LogP contribution in [0.5, 0.6) is 0 Å². The Hall–Kier alpha value is -1.55. The van der Waals surface area contributed by atoms with E-state index in [-0.39, 0.29) is 6.03 Å². The third-order valence-corrected chi connectivity index (χ3v) is 3.11. The molecule has 0 saturated carbocycles. The second kappa shape index (κ2) is 7.01. The highest BCUT2D eigenvalue weighted by atomic mass is 16.2. The maximum Gasteiger partial charge on any atom is 0.320 e. The van der Waals surface area contributed by atoms with Gasteiger partial charge in [0.25, 0.3) is 0 Å². The molecule has 1 rings (SSSR count). The van der Waals surface area contributed by atoms with Crippen LogP contribution in [-0.2, 0) is 13.1 Å². The smallest absolute Gasteiger partial charge is 0.320 e. The average Bonchev–Trinajstić information content (AvgIpc) is 2.40. The molecule has 0 aliphatic carbocycles. The fourth-order valence-corrected chi connectivity index (χ4v) is 1.97. The van der Waals surface area contributed by atoms with Gasteiger partial charge in [-0.2, -0.15) is 0 Å².